The zero-order chi connectivity index (χ0) is 13.3. The van der Waals surface area contributed by atoms with E-state index in [0.717, 1.165) is 11.4 Å². The molecule has 1 aliphatic heterocycles. The van der Waals surface area contributed by atoms with Gasteiger partial charge in [-0.2, -0.15) is 0 Å². The van der Waals surface area contributed by atoms with Crippen LogP contribution in [0.15, 0.2) is 30.3 Å². The van der Waals surface area contributed by atoms with Crippen LogP contribution >= 0.6 is 12.2 Å². The lowest BCUT2D eigenvalue weighted by molar-refractivity contribution is -0.0193. The molecule has 0 aliphatic carbocycles. The standard InChI is InChI=1S/C15H21NOS/c1-15(2,3)14(18)16-10-13(17)12(16)9-11-7-5-4-6-8-11/h4-8,12-13,17H,9-10H2,1-3H3/t12-,13+/m1/s1. The van der Waals surface area contributed by atoms with Crippen LogP contribution in [0.5, 0.6) is 0 Å². The van der Waals surface area contributed by atoms with Gasteiger partial charge in [0.25, 0.3) is 0 Å². The molecular weight excluding hydrogens is 242 g/mol. The number of benzene rings is 1. The van der Waals surface area contributed by atoms with Crippen molar-refractivity contribution in [3.05, 3.63) is 35.9 Å². The van der Waals surface area contributed by atoms with Crippen LogP contribution in [-0.2, 0) is 6.42 Å². The Labute approximate surface area is 115 Å². The van der Waals surface area contributed by atoms with Crippen LogP contribution in [0.4, 0.5) is 0 Å². The number of likely N-dealkylation sites (tertiary alicyclic amines) is 1. The van der Waals surface area contributed by atoms with Gasteiger partial charge in [-0.3, -0.25) is 0 Å². The van der Waals surface area contributed by atoms with Gasteiger partial charge in [0, 0.05) is 12.0 Å². The summed E-state index contributed by atoms with van der Waals surface area (Å²) in [7, 11) is 0. The van der Waals surface area contributed by atoms with E-state index in [2.05, 4.69) is 37.8 Å². The monoisotopic (exact) mass is 263 g/mol. The first-order chi connectivity index (χ1) is 8.39. The lowest BCUT2D eigenvalue weighted by Gasteiger charge is -2.50. The second-order valence-electron chi connectivity index (χ2n) is 6.03. The highest BCUT2D eigenvalue weighted by Gasteiger charge is 2.41. The molecule has 0 bridgehead atoms. The van der Waals surface area contributed by atoms with Crippen molar-refractivity contribution >= 4 is 17.2 Å². The molecule has 1 heterocycles. The first kappa shape index (κ1) is 13.5. The summed E-state index contributed by atoms with van der Waals surface area (Å²) in [6, 6.07) is 10.4. The highest BCUT2D eigenvalue weighted by Crippen LogP contribution is 2.29. The minimum atomic E-state index is -0.259. The Bertz CT molecular complexity index is 424. The maximum atomic E-state index is 9.95. The van der Waals surface area contributed by atoms with E-state index in [9.17, 15) is 5.11 Å². The predicted molar refractivity (Wildman–Crippen MR) is 78.7 cm³/mol. The highest BCUT2D eigenvalue weighted by atomic mass is 32.1. The molecule has 0 spiro atoms. The van der Waals surface area contributed by atoms with Crippen molar-refractivity contribution in [2.24, 2.45) is 5.41 Å². The highest BCUT2D eigenvalue weighted by molar-refractivity contribution is 7.80. The minimum Gasteiger partial charge on any atom is -0.389 e. The average molecular weight is 263 g/mol. The lowest BCUT2D eigenvalue weighted by atomic mass is 9.87. The molecule has 0 radical (unpaired) electrons. The van der Waals surface area contributed by atoms with Crippen molar-refractivity contribution in [1.82, 2.24) is 4.90 Å². The molecule has 1 aromatic carbocycles. The third-order valence-electron chi connectivity index (χ3n) is 3.42. The van der Waals surface area contributed by atoms with Gasteiger partial charge in [-0.05, 0) is 12.0 Å². The largest absolute Gasteiger partial charge is 0.389 e. The fourth-order valence-corrected chi connectivity index (χ4v) is 2.50. The van der Waals surface area contributed by atoms with Gasteiger partial charge in [0.1, 0.15) is 0 Å². The van der Waals surface area contributed by atoms with Gasteiger partial charge in [0.15, 0.2) is 0 Å². The fraction of sp³-hybridized carbons (Fsp3) is 0.533. The summed E-state index contributed by atoms with van der Waals surface area (Å²) in [4.78, 5) is 3.13. The molecule has 0 unspecified atom stereocenters. The molecule has 0 amide bonds. The molecule has 3 heteroatoms. The Kier molecular flexibility index (Phi) is 3.74. The predicted octanol–water partition coefficient (Wildman–Crippen LogP) is 2.65. The zero-order valence-electron chi connectivity index (χ0n) is 11.3. The van der Waals surface area contributed by atoms with Crippen molar-refractivity contribution in [1.29, 1.82) is 0 Å². The van der Waals surface area contributed by atoms with Crippen molar-refractivity contribution in [2.45, 2.75) is 39.3 Å². The van der Waals surface area contributed by atoms with E-state index in [-0.39, 0.29) is 17.6 Å². The van der Waals surface area contributed by atoms with Crippen molar-refractivity contribution < 1.29 is 5.11 Å². The molecule has 18 heavy (non-hydrogen) atoms. The maximum Gasteiger partial charge on any atom is 0.0921 e. The van der Waals surface area contributed by atoms with Crippen LogP contribution < -0.4 is 0 Å². The smallest absolute Gasteiger partial charge is 0.0921 e. The Balaban J connectivity index is 2.06. The van der Waals surface area contributed by atoms with Gasteiger partial charge in [-0.25, -0.2) is 0 Å². The van der Waals surface area contributed by atoms with Gasteiger partial charge in [0.2, 0.25) is 0 Å². The average Bonchev–Trinajstić information content (AvgIpc) is 2.32. The van der Waals surface area contributed by atoms with E-state index in [1.54, 1.807) is 0 Å². The summed E-state index contributed by atoms with van der Waals surface area (Å²) < 4.78 is 0. The van der Waals surface area contributed by atoms with E-state index in [1.807, 2.05) is 18.2 Å². The minimum absolute atomic E-state index is 0.00951. The molecule has 1 aromatic rings. The SMILES string of the molecule is CC(C)(C)C(=S)N1C[C@H](O)[C@H]1Cc1ccccc1. The van der Waals surface area contributed by atoms with Crippen LogP contribution in [0.25, 0.3) is 0 Å². The Morgan fingerprint density at radius 1 is 1.33 bits per heavy atom. The number of hydrogen-bond acceptors (Lipinski definition) is 2. The van der Waals surface area contributed by atoms with Gasteiger partial charge < -0.3 is 10.0 Å². The number of nitrogens with zero attached hydrogens (tertiary/aromatic N) is 1. The van der Waals surface area contributed by atoms with E-state index in [1.165, 1.54) is 5.56 Å². The molecule has 2 nitrogen and oxygen atoms in total. The summed E-state index contributed by atoms with van der Waals surface area (Å²) in [6.07, 6.45) is 0.601. The molecule has 0 aromatic heterocycles. The number of rotatable bonds is 2. The molecule has 1 N–H and O–H groups in total. The van der Waals surface area contributed by atoms with Gasteiger partial charge in [-0.15, -0.1) is 0 Å². The molecule has 1 aliphatic rings. The number of β-amino-alcohol motifs (C(OH)–C–C–N with tert-alkyl or cyclic N) is 1. The first-order valence-corrected chi connectivity index (χ1v) is 6.83. The lowest BCUT2D eigenvalue weighted by Crippen LogP contribution is -2.64. The molecule has 98 valence electrons. The van der Waals surface area contributed by atoms with Crippen molar-refractivity contribution in [3.63, 3.8) is 0 Å². The van der Waals surface area contributed by atoms with Crippen LogP contribution in [0.3, 0.4) is 0 Å². The quantitative estimate of drug-likeness (QED) is 0.830. The molecule has 1 fully saturated rings. The second kappa shape index (κ2) is 4.98. The van der Waals surface area contributed by atoms with Crippen molar-refractivity contribution in [2.75, 3.05) is 6.54 Å². The number of thiocarbonyl (C=S) groups is 1. The molecule has 2 rings (SSSR count). The first-order valence-electron chi connectivity index (χ1n) is 6.42. The zero-order valence-corrected chi connectivity index (χ0v) is 12.1. The van der Waals surface area contributed by atoms with Gasteiger partial charge in [-0.1, -0.05) is 63.3 Å². The molecule has 1 saturated heterocycles. The number of aliphatic hydroxyl groups is 1. The van der Waals surface area contributed by atoms with E-state index in [0.29, 0.717) is 6.54 Å². The van der Waals surface area contributed by atoms with E-state index < -0.39 is 0 Å². The number of hydrogen-bond donors (Lipinski definition) is 1. The van der Waals surface area contributed by atoms with Gasteiger partial charge in [0.05, 0.1) is 17.1 Å². The number of aliphatic hydroxyl groups excluding tert-OH is 1. The molecule has 0 saturated carbocycles. The normalized spacial score (nSPS) is 23.7. The summed E-state index contributed by atoms with van der Waals surface area (Å²) >= 11 is 5.53. The Hall–Kier alpha value is -0.930. The molecule has 2 atom stereocenters. The summed E-state index contributed by atoms with van der Waals surface area (Å²) in [5.41, 5.74) is 1.24. The van der Waals surface area contributed by atoms with Crippen LogP contribution in [0.2, 0.25) is 0 Å². The second-order valence-corrected chi connectivity index (χ2v) is 6.42. The maximum absolute atomic E-state index is 9.95. The van der Waals surface area contributed by atoms with Crippen LogP contribution in [-0.4, -0.2) is 33.7 Å². The summed E-state index contributed by atoms with van der Waals surface area (Å²) in [5.74, 6) is 0. The molecular formula is C15H21NOS. The topological polar surface area (TPSA) is 23.5 Å². The Morgan fingerprint density at radius 3 is 2.44 bits per heavy atom. The van der Waals surface area contributed by atoms with E-state index in [4.69, 9.17) is 12.2 Å². The van der Waals surface area contributed by atoms with Crippen LogP contribution in [0.1, 0.15) is 26.3 Å². The summed E-state index contributed by atoms with van der Waals surface area (Å²) in [6.45, 7) is 7.05. The third kappa shape index (κ3) is 2.73. The van der Waals surface area contributed by atoms with E-state index >= 15 is 0 Å². The Morgan fingerprint density at radius 2 is 1.94 bits per heavy atom. The van der Waals surface area contributed by atoms with Crippen molar-refractivity contribution in [3.8, 4) is 0 Å². The van der Waals surface area contributed by atoms with Gasteiger partial charge >= 0.3 is 0 Å². The third-order valence-corrected chi connectivity index (χ3v) is 4.27. The van der Waals surface area contributed by atoms with Crippen LogP contribution in [0, 0.1) is 5.41 Å². The fourth-order valence-electron chi connectivity index (χ4n) is 2.29. The summed E-state index contributed by atoms with van der Waals surface area (Å²) in [5, 5.41) is 9.95.